The van der Waals surface area contributed by atoms with E-state index in [1.807, 2.05) is 78.9 Å². The van der Waals surface area contributed by atoms with Crippen LogP contribution in [0.4, 0.5) is 0 Å². The Labute approximate surface area is 167 Å². The molecule has 3 aromatic carbocycles. The molecule has 4 aromatic rings. The van der Waals surface area contributed by atoms with Gasteiger partial charge in [-0.3, -0.25) is 14.2 Å². The third-order valence-electron chi connectivity index (χ3n) is 4.40. The Morgan fingerprint density at radius 1 is 0.931 bits per heavy atom. The van der Waals surface area contributed by atoms with Gasteiger partial charge in [0.15, 0.2) is 0 Å². The van der Waals surface area contributed by atoms with Gasteiger partial charge >= 0.3 is 0 Å². The molecule has 4 rings (SSSR count). The number of benzene rings is 3. The van der Waals surface area contributed by atoms with Crippen LogP contribution in [0.2, 0.25) is 0 Å². The van der Waals surface area contributed by atoms with Gasteiger partial charge in [0, 0.05) is 5.56 Å². The third-order valence-corrected chi connectivity index (χ3v) is 4.40. The lowest BCUT2D eigenvalue weighted by molar-refractivity contribution is -0.121. The highest BCUT2D eigenvalue weighted by Gasteiger charge is 2.14. The van der Waals surface area contributed by atoms with Gasteiger partial charge in [0.1, 0.15) is 12.2 Å². The number of nitrogens with zero attached hydrogens (tertiary/aromatic N) is 3. The Hall–Kier alpha value is -4.06. The second kappa shape index (κ2) is 8.31. The fourth-order valence-electron chi connectivity index (χ4n) is 3.03. The molecule has 1 heterocycles. The smallest absolute Gasteiger partial charge is 0.278 e. The van der Waals surface area contributed by atoms with Crippen LogP contribution in [0.25, 0.3) is 22.3 Å². The van der Waals surface area contributed by atoms with Crippen LogP contribution in [0, 0.1) is 0 Å². The second-order valence-electron chi connectivity index (χ2n) is 6.41. The summed E-state index contributed by atoms with van der Waals surface area (Å²) in [6, 6.07) is 25.9. The number of para-hydroxylation sites is 2. The van der Waals surface area contributed by atoms with Crippen LogP contribution in [0.15, 0.2) is 94.8 Å². The van der Waals surface area contributed by atoms with Crippen molar-refractivity contribution in [3.05, 3.63) is 101 Å². The number of hydrogen-bond acceptors (Lipinski definition) is 4. The molecule has 0 spiro atoms. The molecule has 0 fully saturated rings. The van der Waals surface area contributed by atoms with Crippen LogP contribution in [0.5, 0.6) is 0 Å². The summed E-state index contributed by atoms with van der Waals surface area (Å²) in [5.41, 5.74) is 5.28. The van der Waals surface area contributed by atoms with Crippen molar-refractivity contribution in [2.45, 2.75) is 6.54 Å². The molecule has 29 heavy (non-hydrogen) atoms. The van der Waals surface area contributed by atoms with Gasteiger partial charge in [0.05, 0.1) is 17.2 Å². The average molecular weight is 382 g/mol. The van der Waals surface area contributed by atoms with E-state index >= 15 is 0 Å². The highest BCUT2D eigenvalue weighted by molar-refractivity contribution is 5.84. The van der Waals surface area contributed by atoms with E-state index in [1.165, 1.54) is 4.57 Å². The van der Waals surface area contributed by atoms with Crippen LogP contribution >= 0.6 is 0 Å². The van der Waals surface area contributed by atoms with Crippen molar-refractivity contribution in [3.63, 3.8) is 0 Å². The normalized spacial score (nSPS) is 11.0. The maximum absolute atomic E-state index is 13.1. The van der Waals surface area contributed by atoms with E-state index in [0.29, 0.717) is 22.3 Å². The zero-order valence-corrected chi connectivity index (χ0v) is 15.5. The maximum Gasteiger partial charge on any atom is 0.278 e. The van der Waals surface area contributed by atoms with Gasteiger partial charge in [-0.25, -0.2) is 10.4 Å². The van der Waals surface area contributed by atoms with E-state index in [9.17, 15) is 9.59 Å². The zero-order chi connectivity index (χ0) is 20.1. The summed E-state index contributed by atoms with van der Waals surface area (Å²) in [5, 5.41) is 3.97. The molecule has 0 radical (unpaired) electrons. The summed E-state index contributed by atoms with van der Waals surface area (Å²) in [6.07, 6.45) is 1.56. The van der Waals surface area contributed by atoms with Crippen molar-refractivity contribution in [2.75, 3.05) is 0 Å². The quantitative estimate of drug-likeness (QED) is 0.425. The van der Waals surface area contributed by atoms with Crippen LogP contribution < -0.4 is 11.0 Å². The minimum atomic E-state index is -0.394. The molecule has 0 bridgehead atoms. The molecule has 1 amide bonds. The van der Waals surface area contributed by atoms with Crippen molar-refractivity contribution in [3.8, 4) is 11.3 Å². The van der Waals surface area contributed by atoms with E-state index in [4.69, 9.17) is 0 Å². The Bertz CT molecular complexity index is 1230. The first-order chi connectivity index (χ1) is 14.2. The number of hydrogen-bond donors (Lipinski definition) is 1. The van der Waals surface area contributed by atoms with Gasteiger partial charge < -0.3 is 0 Å². The van der Waals surface area contributed by atoms with Gasteiger partial charge in [0.2, 0.25) is 0 Å². The lowest BCUT2D eigenvalue weighted by Gasteiger charge is -2.11. The van der Waals surface area contributed by atoms with Crippen molar-refractivity contribution < 1.29 is 4.79 Å². The molecule has 1 aromatic heterocycles. The number of fused-ring (bicyclic) bond motifs is 1. The van der Waals surface area contributed by atoms with Gasteiger partial charge in [-0.1, -0.05) is 72.8 Å². The number of carbonyl (C=O) groups excluding carboxylic acids is 1. The van der Waals surface area contributed by atoms with Gasteiger partial charge in [-0.05, 0) is 17.7 Å². The Morgan fingerprint density at radius 3 is 2.34 bits per heavy atom. The van der Waals surface area contributed by atoms with Crippen molar-refractivity contribution >= 4 is 23.2 Å². The maximum atomic E-state index is 13.1. The van der Waals surface area contributed by atoms with Crippen molar-refractivity contribution in [1.29, 1.82) is 0 Å². The summed E-state index contributed by atoms with van der Waals surface area (Å²) in [7, 11) is 0. The number of carbonyl (C=O) groups is 1. The highest BCUT2D eigenvalue weighted by atomic mass is 16.2. The fourth-order valence-corrected chi connectivity index (χ4v) is 3.03. The number of amides is 1. The minimum absolute atomic E-state index is 0.159. The number of nitrogens with one attached hydrogen (secondary N) is 1. The summed E-state index contributed by atoms with van der Waals surface area (Å²) in [6.45, 7) is -0.159. The molecule has 0 aliphatic rings. The highest BCUT2D eigenvalue weighted by Crippen LogP contribution is 2.17. The first-order valence-corrected chi connectivity index (χ1v) is 9.14. The van der Waals surface area contributed by atoms with E-state index in [1.54, 1.807) is 12.3 Å². The number of hydrazone groups is 1. The molecule has 1 N–H and O–H groups in total. The van der Waals surface area contributed by atoms with E-state index < -0.39 is 5.91 Å². The SMILES string of the molecule is O=C(Cn1c(=O)c(-c2ccccc2)nc2ccccc21)N/N=C/c1ccccc1. The number of aromatic nitrogens is 2. The Kier molecular flexibility index (Phi) is 5.25. The topological polar surface area (TPSA) is 76.3 Å². The monoisotopic (exact) mass is 382 g/mol. The molecule has 0 unspecified atom stereocenters. The molecule has 0 aliphatic carbocycles. The molecule has 0 aliphatic heterocycles. The molecular formula is C23H18N4O2. The molecule has 142 valence electrons. The third kappa shape index (κ3) is 4.11. The largest absolute Gasteiger partial charge is 0.295 e. The molecule has 0 atom stereocenters. The first-order valence-electron chi connectivity index (χ1n) is 9.14. The number of rotatable bonds is 5. The standard InChI is InChI=1S/C23H18N4O2/c28-21(26-24-15-17-9-3-1-4-10-17)16-27-20-14-8-7-13-19(20)25-22(23(27)29)18-11-5-2-6-12-18/h1-15H,16H2,(H,26,28)/b24-15+. The molecule has 0 saturated heterocycles. The van der Waals surface area contributed by atoms with E-state index in [2.05, 4.69) is 15.5 Å². The molecule has 0 saturated carbocycles. The van der Waals surface area contributed by atoms with Crippen LogP contribution in [-0.2, 0) is 11.3 Å². The fraction of sp³-hybridized carbons (Fsp3) is 0.0435. The molecular weight excluding hydrogens is 364 g/mol. The predicted molar refractivity (Wildman–Crippen MR) is 114 cm³/mol. The predicted octanol–water partition coefficient (Wildman–Crippen LogP) is 3.21. The van der Waals surface area contributed by atoms with Crippen LogP contribution in [0.3, 0.4) is 0 Å². The lowest BCUT2D eigenvalue weighted by atomic mass is 10.1. The summed E-state index contributed by atoms with van der Waals surface area (Å²) in [4.78, 5) is 30.1. The van der Waals surface area contributed by atoms with Gasteiger partial charge in [-0.2, -0.15) is 5.10 Å². The molecule has 6 heteroatoms. The van der Waals surface area contributed by atoms with Crippen molar-refractivity contribution in [1.82, 2.24) is 15.0 Å². The molecule has 6 nitrogen and oxygen atoms in total. The second-order valence-corrected chi connectivity index (χ2v) is 6.41. The summed E-state index contributed by atoms with van der Waals surface area (Å²) < 4.78 is 1.43. The summed E-state index contributed by atoms with van der Waals surface area (Å²) in [5.74, 6) is -0.394. The van der Waals surface area contributed by atoms with Crippen molar-refractivity contribution in [2.24, 2.45) is 5.10 Å². The van der Waals surface area contributed by atoms with E-state index in [-0.39, 0.29) is 12.1 Å². The van der Waals surface area contributed by atoms with E-state index in [0.717, 1.165) is 5.56 Å². The van der Waals surface area contributed by atoms with Crippen LogP contribution in [0.1, 0.15) is 5.56 Å². The lowest BCUT2D eigenvalue weighted by Crippen LogP contribution is -2.31. The van der Waals surface area contributed by atoms with Gasteiger partial charge in [-0.15, -0.1) is 0 Å². The Morgan fingerprint density at radius 2 is 1.59 bits per heavy atom. The minimum Gasteiger partial charge on any atom is -0.295 e. The van der Waals surface area contributed by atoms with Gasteiger partial charge in [0.25, 0.3) is 11.5 Å². The first kappa shape index (κ1) is 18.3. The van der Waals surface area contributed by atoms with Crippen LogP contribution in [-0.4, -0.2) is 21.7 Å². The summed E-state index contributed by atoms with van der Waals surface area (Å²) >= 11 is 0. The Balaban J connectivity index is 1.66. The zero-order valence-electron chi connectivity index (χ0n) is 15.5. The average Bonchev–Trinajstić information content (AvgIpc) is 2.77.